The molecule has 0 saturated heterocycles. The molecule has 0 aliphatic heterocycles. The summed E-state index contributed by atoms with van der Waals surface area (Å²) in [6.07, 6.45) is -0.536. The Kier molecular flexibility index (Phi) is 5.18. The number of nitrogens with one attached hydrogen (secondary N) is 1. The van der Waals surface area contributed by atoms with E-state index in [1.165, 1.54) is 18.3 Å². The lowest BCUT2D eigenvalue weighted by Crippen LogP contribution is -2.14. The van der Waals surface area contributed by atoms with Gasteiger partial charge in [-0.2, -0.15) is 13.2 Å². The van der Waals surface area contributed by atoms with E-state index in [9.17, 15) is 18.0 Å². The van der Waals surface area contributed by atoms with Crippen molar-refractivity contribution in [1.82, 2.24) is 19.6 Å². The second-order valence-corrected chi connectivity index (χ2v) is 6.99. The van der Waals surface area contributed by atoms with Crippen molar-refractivity contribution in [2.45, 2.75) is 26.4 Å². The molecule has 2 aromatic heterocycles. The molecule has 2 heterocycles. The summed E-state index contributed by atoms with van der Waals surface area (Å²) >= 11 is 0. The Labute approximate surface area is 175 Å². The van der Waals surface area contributed by atoms with Crippen molar-refractivity contribution in [3.8, 4) is 11.1 Å². The molecule has 6 nitrogen and oxygen atoms in total. The van der Waals surface area contributed by atoms with Gasteiger partial charge in [0.25, 0.3) is 11.7 Å². The third kappa shape index (κ3) is 3.98. The second kappa shape index (κ2) is 7.82. The lowest BCUT2D eigenvalue weighted by molar-refractivity contribution is -0.137. The fraction of sp³-hybridized carbons (Fsp3) is 0.182. The Hall–Kier alpha value is -3.75. The zero-order chi connectivity index (χ0) is 22.2. The third-order valence-electron chi connectivity index (χ3n) is 5.01. The van der Waals surface area contributed by atoms with Crippen LogP contribution in [0.1, 0.15) is 34.2 Å². The topological polar surface area (TPSA) is 72.2 Å². The number of alkyl halides is 3. The fourth-order valence-electron chi connectivity index (χ4n) is 3.37. The van der Waals surface area contributed by atoms with Gasteiger partial charge in [0.15, 0.2) is 0 Å². The molecule has 0 spiro atoms. The number of aromatic nitrogens is 4. The van der Waals surface area contributed by atoms with Crippen LogP contribution in [-0.4, -0.2) is 25.5 Å². The van der Waals surface area contributed by atoms with Crippen molar-refractivity contribution in [3.63, 3.8) is 0 Å². The van der Waals surface area contributed by atoms with Gasteiger partial charge in [0, 0.05) is 18.2 Å². The maximum absolute atomic E-state index is 12.9. The van der Waals surface area contributed by atoms with Crippen LogP contribution in [0.2, 0.25) is 0 Å². The van der Waals surface area contributed by atoms with Gasteiger partial charge in [0.2, 0.25) is 0 Å². The number of carbonyl (C=O) groups excluding carboxylic acids is 1. The van der Waals surface area contributed by atoms with Crippen LogP contribution in [0.3, 0.4) is 0 Å². The highest BCUT2D eigenvalue weighted by Gasteiger charge is 2.30. The van der Waals surface area contributed by atoms with Crippen LogP contribution in [0.25, 0.3) is 16.9 Å². The molecule has 0 radical (unpaired) electrons. The van der Waals surface area contributed by atoms with Crippen LogP contribution < -0.4 is 5.32 Å². The van der Waals surface area contributed by atoms with Crippen LogP contribution >= 0.6 is 0 Å². The molecule has 0 atom stereocenters. The Bertz CT molecular complexity index is 1260. The van der Waals surface area contributed by atoms with Gasteiger partial charge >= 0.3 is 6.18 Å². The first-order chi connectivity index (χ1) is 14.8. The van der Waals surface area contributed by atoms with Crippen molar-refractivity contribution >= 4 is 17.4 Å². The van der Waals surface area contributed by atoms with Gasteiger partial charge in [-0.15, -0.1) is 10.2 Å². The number of benzene rings is 2. The number of aryl methyl sites for hydroxylation is 1. The van der Waals surface area contributed by atoms with E-state index in [4.69, 9.17) is 0 Å². The summed E-state index contributed by atoms with van der Waals surface area (Å²) in [5, 5.41) is 10.8. The molecule has 2 aromatic carbocycles. The molecule has 4 aromatic rings. The fourth-order valence-corrected chi connectivity index (χ4v) is 3.37. The highest BCUT2D eigenvalue weighted by Crippen LogP contribution is 2.32. The minimum atomic E-state index is -4.40. The highest BCUT2D eigenvalue weighted by molar-refractivity contribution is 6.06. The Balaban J connectivity index is 1.62. The minimum Gasteiger partial charge on any atom is -0.319 e. The molecule has 4 rings (SSSR count). The first-order valence-corrected chi connectivity index (χ1v) is 9.56. The smallest absolute Gasteiger partial charge is 0.319 e. The summed E-state index contributed by atoms with van der Waals surface area (Å²) in [7, 11) is 0. The number of halogens is 3. The van der Waals surface area contributed by atoms with Gasteiger partial charge in [-0.1, -0.05) is 31.2 Å². The second-order valence-electron chi connectivity index (χ2n) is 6.99. The molecule has 0 saturated carbocycles. The van der Waals surface area contributed by atoms with E-state index in [0.717, 1.165) is 18.0 Å². The van der Waals surface area contributed by atoms with Gasteiger partial charge < -0.3 is 5.32 Å². The predicted molar refractivity (Wildman–Crippen MR) is 110 cm³/mol. The number of fused-ring (bicyclic) bond motifs is 1. The molecule has 0 fully saturated rings. The average molecular weight is 425 g/mol. The monoisotopic (exact) mass is 425 g/mol. The zero-order valence-electron chi connectivity index (χ0n) is 16.7. The number of nitrogens with zero attached hydrogens (tertiary/aromatic N) is 4. The average Bonchev–Trinajstić information content (AvgIpc) is 3.15. The van der Waals surface area contributed by atoms with Crippen LogP contribution in [-0.2, 0) is 12.6 Å². The highest BCUT2D eigenvalue weighted by atomic mass is 19.4. The van der Waals surface area contributed by atoms with E-state index in [2.05, 4.69) is 20.5 Å². The van der Waals surface area contributed by atoms with Gasteiger partial charge in [-0.25, -0.2) is 4.98 Å². The van der Waals surface area contributed by atoms with Crippen molar-refractivity contribution < 1.29 is 18.0 Å². The summed E-state index contributed by atoms with van der Waals surface area (Å²) < 4.78 is 40.2. The molecule has 1 N–H and O–H groups in total. The Morgan fingerprint density at radius 3 is 2.52 bits per heavy atom. The standard InChI is InChI=1S/C22H18F3N5O/c1-3-19-28-29-21-26-11-16(12-30(19)21)27-20(31)18-6-4-5-17(13(18)2)14-7-9-15(10-8-14)22(23,24)25/h4-12H,3H2,1-2H3,(H,27,31). The van der Waals surface area contributed by atoms with Gasteiger partial charge in [0.05, 0.1) is 17.4 Å². The lowest BCUT2D eigenvalue weighted by atomic mass is 9.95. The van der Waals surface area contributed by atoms with Crippen molar-refractivity contribution in [2.75, 3.05) is 5.32 Å². The van der Waals surface area contributed by atoms with Crippen LogP contribution in [0.15, 0.2) is 54.9 Å². The molecule has 0 unspecified atom stereocenters. The SMILES string of the molecule is CCc1nnc2ncc(NC(=O)c3cccc(-c4ccc(C(F)(F)F)cc4)c3C)cn12. The van der Waals surface area contributed by atoms with E-state index < -0.39 is 11.7 Å². The first-order valence-electron chi connectivity index (χ1n) is 9.56. The van der Waals surface area contributed by atoms with Gasteiger partial charge in [0.1, 0.15) is 5.82 Å². The Morgan fingerprint density at radius 2 is 1.84 bits per heavy atom. The van der Waals surface area contributed by atoms with Gasteiger partial charge in [-0.05, 0) is 41.8 Å². The molecule has 0 aliphatic carbocycles. The van der Waals surface area contributed by atoms with Crippen LogP contribution in [0.4, 0.5) is 18.9 Å². The number of hydrogen-bond acceptors (Lipinski definition) is 4. The van der Waals surface area contributed by atoms with E-state index in [-0.39, 0.29) is 5.91 Å². The van der Waals surface area contributed by atoms with E-state index >= 15 is 0 Å². The number of amides is 1. The number of hydrogen-bond donors (Lipinski definition) is 1. The third-order valence-corrected chi connectivity index (χ3v) is 5.01. The Morgan fingerprint density at radius 1 is 1.10 bits per heavy atom. The number of rotatable bonds is 4. The number of anilines is 1. The first kappa shape index (κ1) is 20.5. The summed E-state index contributed by atoms with van der Waals surface area (Å²) in [4.78, 5) is 17.1. The molecule has 0 bridgehead atoms. The molecular weight excluding hydrogens is 407 g/mol. The summed E-state index contributed by atoms with van der Waals surface area (Å²) in [5.74, 6) is 0.813. The van der Waals surface area contributed by atoms with Crippen LogP contribution in [0, 0.1) is 6.92 Å². The van der Waals surface area contributed by atoms with Crippen LogP contribution in [0.5, 0.6) is 0 Å². The maximum Gasteiger partial charge on any atom is 0.416 e. The van der Waals surface area contributed by atoms with E-state index in [1.54, 1.807) is 35.7 Å². The van der Waals surface area contributed by atoms with Crippen molar-refractivity contribution in [1.29, 1.82) is 0 Å². The van der Waals surface area contributed by atoms with Gasteiger partial charge in [-0.3, -0.25) is 9.20 Å². The normalized spacial score (nSPS) is 11.6. The summed E-state index contributed by atoms with van der Waals surface area (Å²) in [5.41, 5.74) is 2.11. The largest absolute Gasteiger partial charge is 0.416 e. The molecule has 9 heteroatoms. The minimum absolute atomic E-state index is 0.349. The molecule has 31 heavy (non-hydrogen) atoms. The summed E-state index contributed by atoms with van der Waals surface area (Å²) in [6.45, 7) is 3.70. The molecular formula is C22H18F3N5O. The predicted octanol–water partition coefficient (Wildman–Crippen LogP) is 4.93. The van der Waals surface area contributed by atoms with Crippen molar-refractivity contribution in [3.05, 3.63) is 77.4 Å². The summed E-state index contributed by atoms with van der Waals surface area (Å²) in [6, 6.07) is 10.0. The molecule has 0 aliphatic rings. The van der Waals surface area contributed by atoms with Crippen molar-refractivity contribution in [2.24, 2.45) is 0 Å². The number of carbonyl (C=O) groups is 1. The quantitative estimate of drug-likeness (QED) is 0.503. The molecule has 158 valence electrons. The van der Waals surface area contributed by atoms with E-state index in [1.807, 2.05) is 6.92 Å². The lowest BCUT2D eigenvalue weighted by Gasteiger charge is -2.13. The maximum atomic E-state index is 12.9. The van der Waals surface area contributed by atoms with E-state index in [0.29, 0.717) is 40.1 Å². The zero-order valence-corrected chi connectivity index (χ0v) is 16.7. The molecule has 1 amide bonds.